The number of benzene rings is 1. The number of aliphatic carboxylic acids is 2. The third-order valence-electron chi connectivity index (χ3n) is 2.49. The minimum Gasteiger partial charge on any atom is -0.549 e. The molecule has 0 heterocycles. The minimum absolute atomic E-state index is 0. The van der Waals surface area contributed by atoms with E-state index in [9.17, 15) is 19.8 Å². The summed E-state index contributed by atoms with van der Waals surface area (Å²) < 4.78 is 0. The van der Waals surface area contributed by atoms with Gasteiger partial charge < -0.3 is 36.2 Å². The summed E-state index contributed by atoms with van der Waals surface area (Å²) in [6.07, 6.45) is 1.46. The van der Waals surface area contributed by atoms with Crippen LogP contribution in [0.25, 0.3) is 0 Å². The van der Waals surface area contributed by atoms with E-state index in [0.29, 0.717) is 13.0 Å². The van der Waals surface area contributed by atoms with E-state index in [2.05, 4.69) is 0 Å². The molecule has 1 aromatic carbocycles. The summed E-state index contributed by atoms with van der Waals surface area (Å²) in [6.45, 7) is -0.387. The molecule has 129 valence electrons. The van der Waals surface area contributed by atoms with Crippen LogP contribution >= 0.6 is 0 Å². The number of carboxylic acids is 2. The Balaban J connectivity index is -0.000000405. The smallest absolute Gasteiger partial charge is 0.549 e. The van der Waals surface area contributed by atoms with Crippen LogP contribution < -0.4 is 10.2 Å². The van der Waals surface area contributed by atoms with Crippen molar-refractivity contribution in [2.75, 3.05) is 19.6 Å². The van der Waals surface area contributed by atoms with Gasteiger partial charge in [0.1, 0.15) is 0 Å². The van der Waals surface area contributed by atoms with Crippen molar-refractivity contribution >= 4 is 11.9 Å². The SMILES string of the molecule is O=C([O-])CN(CCCc1ccccc1)CC(=O)[O-].[Ni+3].[OH3+].[OH3+].[OH3+]. The zero-order valence-corrected chi connectivity index (χ0v) is 13.0. The van der Waals surface area contributed by atoms with Crippen molar-refractivity contribution in [3.63, 3.8) is 0 Å². The maximum absolute atomic E-state index is 10.5. The second-order valence-electron chi connectivity index (χ2n) is 4.04. The van der Waals surface area contributed by atoms with E-state index in [0.717, 1.165) is 12.0 Å². The molecular weight excluding hydrogens is 341 g/mol. The summed E-state index contributed by atoms with van der Waals surface area (Å²) >= 11 is 0. The van der Waals surface area contributed by atoms with Gasteiger partial charge in [-0.05, 0) is 24.9 Å². The monoisotopic (exact) mass is 364 g/mol. The predicted octanol–water partition coefficient (Wildman–Crippen LogP) is -4.35. The van der Waals surface area contributed by atoms with Gasteiger partial charge in [-0.15, -0.1) is 0 Å². The quantitative estimate of drug-likeness (QED) is 0.333. The Morgan fingerprint density at radius 3 is 1.77 bits per heavy atom. The fourth-order valence-corrected chi connectivity index (χ4v) is 1.73. The second-order valence-corrected chi connectivity index (χ2v) is 4.04. The predicted molar refractivity (Wildman–Crippen MR) is 75.8 cm³/mol. The first kappa shape index (κ1) is 28.6. The molecule has 9 N–H and O–H groups in total. The summed E-state index contributed by atoms with van der Waals surface area (Å²) in [5.41, 5.74) is 1.14. The summed E-state index contributed by atoms with van der Waals surface area (Å²) in [5.74, 6) is -2.56. The molecule has 8 nitrogen and oxygen atoms in total. The summed E-state index contributed by atoms with van der Waals surface area (Å²) in [4.78, 5) is 22.2. The number of carbonyl (C=O) groups excluding carboxylic acids is 2. The van der Waals surface area contributed by atoms with Gasteiger partial charge >= 0.3 is 16.5 Å². The van der Waals surface area contributed by atoms with Crippen LogP contribution in [0.2, 0.25) is 0 Å². The van der Waals surface area contributed by atoms with Gasteiger partial charge in [0.25, 0.3) is 0 Å². The molecule has 0 unspecified atom stereocenters. The third-order valence-corrected chi connectivity index (χ3v) is 2.49. The first-order valence-corrected chi connectivity index (χ1v) is 5.74. The maximum atomic E-state index is 10.5. The Labute approximate surface area is 138 Å². The molecule has 0 saturated carbocycles. The molecule has 0 aromatic heterocycles. The van der Waals surface area contributed by atoms with Crippen LogP contribution in [0.3, 0.4) is 0 Å². The average Bonchev–Trinajstić information content (AvgIpc) is 2.28. The van der Waals surface area contributed by atoms with Crippen molar-refractivity contribution in [3.05, 3.63) is 35.9 Å². The molecule has 0 amide bonds. The maximum Gasteiger partial charge on any atom is 3.00 e. The van der Waals surface area contributed by atoms with E-state index >= 15 is 0 Å². The molecule has 1 radical (unpaired) electrons. The Hall–Kier alpha value is -1.51. The molecular formula is C13H24NNiO7+4. The zero-order valence-electron chi connectivity index (χ0n) is 12.1. The van der Waals surface area contributed by atoms with Crippen LogP contribution in [0, 0.1) is 0 Å². The number of carboxylic acid groups (broad SMARTS) is 2. The Bertz CT molecular complexity index is 387. The van der Waals surface area contributed by atoms with Crippen LogP contribution in [0.15, 0.2) is 30.3 Å². The Morgan fingerprint density at radius 2 is 1.36 bits per heavy atom. The van der Waals surface area contributed by atoms with Crippen LogP contribution in [0.1, 0.15) is 12.0 Å². The molecule has 0 atom stereocenters. The Kier molecular flexibility index (Phi) is 20.7. The molecule has 0 bridgehead atoms. The van der Waals surface area contributed by atoms with Crippen molar-refractivity contribution in [2.24, 2.45) is 0 Å². The molecule has 0 spiro atoms. The number of aryl methyl sites for hydroxylation is 1. The summed E-state index contributed by atoms with van der Waals surface area (Å²) in [5, 5.41) is 20.9. The van der Waals surface area contributed by atoms with Crippen molar-refractivity contribution in [1.29, 1.82) is 0 Å². The van der Waals surface area contributed by atoms with Crippen molar-refractivity contribution < 1.29 is 52.7 Å². The van der Waals surface area contributed by atoms with E-state index in [-0.39, 0.29) is 46.0 Å². The number of nitrogens with zero attached hydrogens (tertiary/aromatic N) is 1. The van der Waals surface area contributed by atoms with Gasteiger partial charge in [0.05, 0.1) is 11.9 Å². The molecule has 0 fully saturated rings. The van der Waals surface area contributed by atoms with E-state index < -0.39 is 11.9 Å². The van der Waals surface area contributed by atoms with Gasteiger partial charge in [0.15, 0.2) is 0 Å². The van der Waals surface area contributed by atoms with Gasteiger partial charge in [-0.2, -0.15) is 0 Å². The molecule has 0 aliphatic rings. The molecule has 22 heavy (non-hydrogen) atoms. The topological polar surface area (TPSA) is 182 Å². The van der Waals surface area contributed by atoms with Gasteiger partial charge in [-0.3, -0.25) is 4.90 Å². The van der Waals surface area contributed by atoms with E-state index in [1.54, 1.807) is 0 Å². The molecule has 0 aliphatic heterocycles. The van der Waals surface area contributed by atoms with Crippen molar-refractivity contribution in [2.45, 2.75) is 12.8 Å². The van der Waals surface area contributed by atoms with Crippen LogP contribution in [-0.4, -0.2) is 36.5 Å². The first-order chi connectivity index (χ1) is 8.58. The number of hydrogen-bond acceptors (Lipinski definition) is 5. The van der Waals surface area contributed by atoms with Gasteiger partial charge in [0.2, 0.25) is 0 Å². The molecule has 0 aliphatic carbocycles. The molecule has 1 rings (SSSR count). The number of rotatable bonds is 8. The largest absolute Gasteiger partial charge is 3.00 e. The second kappa shape index (κ2) is 15.9. The normalized spacial score (nSPS) is 8.59. The minimum atomic E-state index is -1.28. The van der Waals surface area contributed by atoms with E-state index in [1.165, 1.54) is 4.90 Å². The van der Waals surface area contributed by atoms with Gasteiger partial charge in [0, 0.05) is 13.1 Å². The van der Waals surface area contributed by atoms with Crippen LogP contribution in [0.4, 0.5) is 0 Å². The number of hydrogen-bond donors (Lipinski definition) is 0. The third kappa shape index (κ3) is 13.5. The standard InChI is InChI=1S/C13H17NO4.Ni.3H2O/c15-12(16)9-14(10-13(17)18)8-4-7-11-5-2-1-3-6-11;;;;/h1-3,5-6H,4,7-10H2,(H,15,16)(H,17,18);;3*1H2/q;+3;;;/p+1. The fourth-order valence-electron chi connectivity index (χ4n) is 1.73. The summed E-state index contributed by atoms with van der Waals surface area (Å²) in [6, 6.07) is 9.72. The molecule has 1 aromatic rings. The Morgan fingerprint density at radius 1 is 0.909 bits per heavy atom. The average molecular weight is 365 g/mol. The van der Waals surface area contributed by atoms with Crippen molar-refractivity contribution in [3.8, 4) is 0 Å². The first-order valence-electron chi connectivity index (χ1n) is 5.74. The van der Waals surface area contributed by atoms with Crippen LogP contribution in [-0.2, 0) is 48.9 Å². The van der Waals surface area contributed by atoms with Crippen molar-refractivity contribution in [1.82, 2.24) is 4.90 Å². The molecule has 9 heteroatoms. The van der Waals surface area contributed by atoms with Gasteiger partial charge in [-0.1, -0.05) is 30.3 Å². The van der Waals surface area contributed by atoms with E-state index in [4.69, 9.17) is 0 Å². The van der Waals surface area contributed by atoms with Crippen LogP contribution in [0.5, 0.6) is 0 Å². The fraction of sp³-hybridized carbons (Fsp3) is 0.385. The summed E-state index contributed by atoms with van der Waals surface area (Å²) in [7, 11) is 0. The number of carbonyl (C=O) groups is 2. The van der Waals surface area contributed by atoms with Gasteiger partial charge in [-0.25, -0.2) is 0 Å². The molecule has 0 saturated heterocycles. The zero-order chi connectivity index (χ0) is 13.4. The van der Waals surface area contributed by atoms with E-state index in [1.807, 2.05) is 30.3 Å².